The highest BCUT2D eigenvalue weighted by Gasteiger charge is 2.30. The smallest absolute Gasteiger partial charge is 0.410 e. The van der Waals surface area contributed by atoms with Crippen molar-refractivity contribution in [1.29, 1.82) is 0 Å². The van der Waals surface area contributed by atoms with Crippen molar-refractivity contribution in [3.8, 4) is 0 Å². The SMILES string of the molecule is CC(C)(C)OC(=O)N1CCCCC1CNCc1ncc(Cl)s1. The van der Waals surface area contributed by atoms with Gasteiger partial charge in [-0.15, -0.1) is 11.3 Å². The van der Waals surface area contributed by atoms with Crippen LogP contribution >= 0.6 is 22.9 Å². The molecule has 1 amide bonds. The Balaban J connectivity index is 1.85. The van der Waals surface area contributed by atoms with Crippen molar-refractivity contribution in [1.82, 2.24) is 15.2 Å². The molecule has 1 N–H and O–H groups in total. The van der Waals surface area contributed by atoms with Crippen molar-refractivity contribution < 1.29 is 9.53 Å². The highest BCUT2D eigenvalue weighted by Crippen LogP contribution is 2.21. The zero-order valence-corrected chi connectivity index (χ0v) is 15.0. The molecule has 1 unspecified atom stereocenters. The Hall–Kier alpha value is -0.850. The van der Waals surface area contributed by atoms with Gasteiger partial charge in [0.2, 0.25) is 0 Å². The van der Waals surface area contributed by atoms with Crippen molar-refractivity contribution in [2.75, 3.05) is 13.1 Å². The van der Waals surface area contributed by atoms with Crippen LogP contribution < -0.4 is 5.32 Å². The van der Waals surface area contributed by atoms with Crippen LogP contribution in [0.15, 0.2) is 6.20 Å². The second-order valence-corrected chi connectivity index (χ2v) is 8.26. The summed E-state index contributed by atoms with van der Waals surface area (Å²) in [5.74, 6) is 0. The van der Waals surface area contributed by atoms with Gasteiger partial charge < -0.3 is 15.0 Å². The summed E-state index contributed by atoms with van der Waals surface area (Å²) in [6.07, 6.45) is 4.64. The lowest BCUT2D eigenvalue weighted by Crippen LogP contribution is -2.50. The van der Waals surface area contributed by atoms with E-state index < -0.39 is 5.60 Å². The van der Waals surface area contributed by atoms with E-state index in [-0.39, 0.29) is 12.1 Å². The van der Waals surface area contributed by atoms with Crippen molar-refractivity contribution in [2.24, 2.45) is 0 Å². The van der Waals surface area contributed by atoms with Crippen LogP contribution in [-0.2, 0) is 11.3 Å². The Kier molecular flexibility index (Phi) is 6.06. The van der Waals surface area contributed by atoms with Crippen LogP contribution in [0.3, 0.4) is 0 Å². The average molecular weight is 346 g/mol. The monoisotopic (exact) mass is 345 g/mol. The summed E-state index contributed by atoms with van der Waals surface area (Å²) in [5.41, 5.74) is -0.454. The van der Waals surface area contributed by atoms with Gasteiger partial charge in [0.25, 0.3) is 0 Å². The van der Waals surface area contributed by atoms with Gasteiger partial charge in [-0.25, -0.2) is 9.78 Å². The van der Waals surface area contributed by atoms with Crippen LogP contribution in [0, 0.1) is 0 Å². The summed E-state index contributed by atoms with van der Waals surface area (Å²) in [7, 11) is 0. The molecule has 1 aliphatic rings. The lowest BCUT2D eigenvalue weighted by atomic mass is 10.0. The van der Waals surface area contributed by atoms with Crippen molar-refractivity contribution in [2.45, 2.75) is 58.2 Å². The van der Waals surface area contributed by atoms with Crippen molar-refractivity contribution in [3.05, 3.63) is 15.5 Å². The van der Waals surface area contributed by atoms with Gasteiger partial charge in [0.15, 0.2) is 0 Å². The van der Waals surface area contributed by atoms with Crippen LogP contribution in [0.5, 0.6) is 0 Å². The first-order valence-corrected chi connectivity index (χ1v) is 8.85. The zero-order chi connectivity index (χ0) is 16.2. The highest BCUT2D eigenvalue weighted by atomic mass is 35.5. The van der Waals surface area contributed by atoms with Crippen LogP contribution in [-0.4, -0.2) is 40.7 Å². The van der Waals surface area contributed by atoms with Gasteiger partial charge in [0, 0.05) is 25.7 Å². The van der Waals surface area contributed by atoms with Gasteiger partial charge in [-0.1, -0.05) is 11.6 Å². The molecule has 2 heterocycles. The number of nitrogens with zero attached hydrogens (tertiary/aromatic N) is 2. The minimum absolute atomic E-state index is 0.180. The second kappa shape index (κ2) is 7.62. The topological polar surface area (TPSA) is 54.5 Å². The molecule has 0 spiro atoms. The molecule has 0 saturated carbocycles. The van der Waals surface area contributed by atoms with Gasteiger partial charge in [-0.05, 0) is 40.0 Å². The first-order valence-electron chi connectivity index (χ1n) is 7.66. The molecule has 0 aliphatic carbocycles. The molecule has 124 valence electrons. The van der Waals surface area contributed by atoms with E-state index in [1.54, 1.807) is 6.20 Å². The molecule has 1 atom stereocenters. The summed E-state index contributed by atoms with van der Waals surface area (Å²) >= 11 is 7.35. The maximum absolute atomic E-state index is 12.3. The number of nitrogens with one attached hydrogen (secondary N) is 1. The Bertz CT molecular complexity index is 501. The molecule has 1 aromatic rings. The summed E-state index contributed by atoms with van der Waals surface area (Å²) in [6.45, 7) is 7.88. The lowest BCUT2D eigenvalue weighted by Gasteiger charge is -2.36. The molecular weight excluding hydrogens is 322 g/mol. The number of hydrogen-bond donors (Lipinski definition) is 1. The standard InChI is InChI=1S/C15H24ClN3O2S/c1-15(2,3)21-14(20)19-7-5-4-6-11(19)8-17-10-13-18-9-12(16)22-13/h9,11,17H,4-8,10H2,1-3H3. The molecule has 7 heteroatoms. The maximum atomic E-state index is 12.3. The number of hydrogen-bond acceptors (Lipinski definition) is 5. The van der Waals surface area contributed by atoms with E-state index in [1.807, 2.05) is 25.7 Å². The Morgan fingerprint density at radius 2 is 2.32 bits per heavy atom. The molecule has 22 heavy (non-hydrogen) atoms. The Labute approximate surface area is 141 Å². The van der Waals surface area contributed by atoms with Crippen LogP contribution in [0.2, 0.25) is 4.34 Å². The number of carbonyl (C=O) groups is 1. The molecule has 1 saturated heterocycles. The molecule has 2 rings (SSSR count). The highest BCUT2D eigenvalue weighted by molar-refractivity contribution is 7.15. The van der Waals surface area contributed by atoms with Crippen molar-refractivity contribution >= 4 is 29.0 Å². The number of halogens is 1. The summed E-state index contributed by atoms with van der Waals surface area (Å²) in [6, 6.07) is 0.180. The number of amides is 1. The number of thiazole rings is 1. The van der Waals surface area contributed by atoms with Crippen molar-refractivity contribution in [3.63, 3.8) is 0 Å². The first-order chi connectivity index (χ1) is 10.3. The predicted molar refractivity (Wildman–Crippen MR) is 89.4 cm³/mol. The molecule has 1 aliphatic heterocycles. The normalized spacial score (nSPS) is 19.3. The number of aromatic nitrogens is 1. The third-order valence-electron chi connectivity index (χ3n) is 3.44. The van der Waals surface area contributed by atoms with Gasteiger partial charge in [0.1, 0.15) is 14.9 Å². The third kappa shape index (κ3) is 5.41. The zero-order valence-electron chi connectivity index (χ0n) is 13.4. The number of rotatable bonds is 4. The van der Waals surface area contributed by atoms with E-state index in [0.29, 0.717) is 10.9 Å². The summed E-state index contributed by atoms with van der Waals surface area (Å²) < 4.78 is 6.21. The van der Waals surface area contributed by atoms with E-state index in [0.717, 1.165) is 37.4 Å². The van der Waals surface area contributed by atoms with E-state index in [1.165, 1.54) is 11.3 Å². The number of piperidine rings is 1. The molecule has 0 aromatic carbocycles. The molecule has 5 nitrogen and oxygen atoms in total. The minimum atomic E-state index is -0.454. The number of likely N-dealkylation sites (tertiary alicyclic amines) is 1. The van der Waals surface area contributed by atoms with Crippen LogP contribution in [0.4, 0.5) is 4.79 Å². The van der Waals surface area contributed by atoms with Crippen LogP contribution in [0.1, 0.15) is 45.0 Å². The van der Waals surface area contributed by atoms with Gasteiger partial charge in [-0.2, -0.15) is 0 Å². The van der Waals surface area contributed by atoms with Crippen LogP contribution in [0.25, 0.3) is 0 Å². The van der Waals surface area contributed by atoms with Gasteiger partial charge in [-0.3, -0.25) is 0 Å². The second-order valence-electron chi connectivity index (χ2n) is 6.51. The molecule has 1 fully saturated rings. The quantitative estimate of drug-likeness (QED) is 0.904. The largest absolute Gasteiger partial charge is 0.444 e. The van der Waals surface area contributed by atoms with E-state index in [9.17, 15) is 4.79 Å². The average Bonchev–Trinajstić information content (AvgIpc) is 2.83. The number of ether oxygens (including phenoxy) is 1. The third-order valence-corrected chi connectivity index (χ3v) is 4.55. The molecular formula is C15H24ClN3O2S. The lowest BCUT2D eigenvalue weighted by molar-refractivity contribution is 0.00993. The van der Waals surface area contributed by atoms with Gasteiger partial charge >= 0.3 is 6.09 Å². The molecule has 0 radical (unpaired) electrons. The Morgan fingerprint density at radius 3 is 2.95 bits per heavy atom. The minimum Gasteiger partial charge on any atom is -0.444 e. The fourth-order valence-corrected chi connectivity index (χ4v) is 3.42. The number of carbonyl (C=O) groups excluding carboxylic acids is 1. The Morgan fingerprint density at radius 1 is 1.55 bits per heavy atom. The van der Waals surface area contributed by atoms with Gasteiger partial charge in [0.05, 0.1) is 6.20 Å². The van der Waals surface area contributed by atoms with E-state index in [2.05, 4.69) is 10.3 Å². The fraction of sp³-hybridized carbons (Fsp3) is 0.733. The fourth-order valence-electron chi connectivity index (χ4n) is 2.49. The summed E-state index contributed by atoms with van der Waals surface area (Å²) in [4.78, 5) is 18.4. The summed E-state index contributed by atoms with van der Waals surface area (Å²) in [5, 5.41) is 4.33. The molecule has 1 aromatic heterocycles. The first kappa shape index (κ1) is 17.5. The van der Waals surface area contributed by atoms with E-state index >= 15 is 0 Å². The molecule has 0 bridgehead atoms. The van der Waals surface area contributed by atoms with E-state index in [4.69, 9.17) is 16.3 Å². The maximum Gasteiger partial charge on any atom is 0.410 e. The predicted octanol–water partition coefficient (Wildman–Crippen LogP) is 3.68.